The fourth-order valence-electron chi connectivity index (χ4n) is 3.46. The highest BCUT2D eigenvalue weighted by molar-refractivity contribution is 14.1. The molecule has 0 unspecified atom stereocenters. The Kier molecular flexibility index (Phi) is 9.58. The SMILES string of the molecule is COc1cc(/C=N\NC(=O)Cc2csc(Nc3cccc(C(F)(F)F)c3)n2)cc(I)c1OCc1cccc(F)c1. The molecule has 7 nitrogen and oxygen atoms in total. The number of carbonyl (C=O) groups excluding carboxylic acids is 1. The van der Waals surface area contributed by atoms with Crippen LogP contribution in [0.4, 0.5) is 28.4 Å². The van der Waals surface area contributed by atoms with Crippen molar-refractivity contribution in [3.8, 4) is 11.5 Å². The smallest absolute Gasteiger partial charge is 0.416 e. The first-order valence-corrected chi connectivity index (χ1v) is 13.5. The topological polar surface area (TPSA) is 84.8 Å². The van der Waals surface area contributed by atoms with Crippen molar-refractivity contribution < 1.29 is 31.8 Å². The molecule has 0 saturated carbocycles. The number of aromatic nitrogens is 1. The molecule has 0 atom stereocenters. The third-order valence-electron chi connectivity index (χ3n) is 5.26. The highest BCUT2D eigenvalue weighted by atomic mass is 127. The summed E-state index contributed by atoms with van der Waals surface area (Å²) in [5.41, 5.74) is 3.63. The predicted octanol–water partition coefficient (Wildman–Crippen LogP) is 6.93. The van der Waals surface area contributed by atoms with Gasteiger partial charge in [0.1, 0.15) is 12.4 Å². The lowest BCUT2D eigenvalue weighted by molar-refractivity contribution is -0.137. The molecule has 4 aromatic rings. The molecule has 208 valence electrons. The molecule has 4 rings (SSSR count). The number of benzene rings is 3. The van der Waals surface area contributed by atoms with Crippen LogP contribution in [0.1, 0.15) is 22.4 Å². The molecule has 40 heavy (non-hydrogen) atoms. The Hall–Kier alpha value is -3.72. The van der Waals surface area contributed by atoms with Crippen molar-refractivity contribution in [1.82, 2.24) is 10.4 Å². The van der Waals surface area contributed by atoms with Crippen molar-refractivity contribution in [2.75, 3.05) is 12.4 Å². The van der Waals surface area contributed by atoms with Gasteiger partial charge in [-0.1, -0.05) is 18.2 Å². The number of thiazole rings is 1. The van der Waals surface area contributed by atoms with Crippen LogP contribution in [0.3, 0.4) is 0 Å². The molecule has 0 saturated heterocycles. The highest BCUT2D eigenvalue weighted by Crippen LogP contribution is 2.34. The first-order valence-electron chi connectivity index (χ1n) is 11.6. The van der Waals surface area contributed by atoms with Crippen molar-refractivity contribution in [3.63, 3.8) is 0 Å². The number of rotatable bonds is 10. The molecule has 0 bridgehead atoms. The number of hydrazone groups is 1. The second kappa shape index (κ2) is 13.1. The number of ether oxygens (including phenoxy) is 2. The summed E-state index contributed by atoms with van der Waals surface area (Å²) in [4.78, 5) is 16.6. The van der Waals surface area contributed by atoms with Crippen LogP contribution in [0.25, 0.3) is 0 Å². The summed E-state index contributed by atoms with van der Waals surface area (Å²) in [6.45, 7) is 0.154. The normalized spacial score (nSPS) is 11.4. The summed E-state index contributed by atoms with van der Waals surface area (Å²) in [6.07, 6.45) is -3.08. The van der Waals surface area contributed by atoms with Crippen LogP contribution in [-0.4, -0.2) is 24.2 Å². The molecule has 1 heterocycles. The number of alkyl halides is 3. The summed E-state index contributed by atoms with van der Waals surface area (Å²) < 4.78 is 64.2. The highest BCUT2D eigenvalue weighted by Gasteiger charge is 2.30. The summed E-state index contributed by atoms with van der Waals surface area (Å²) in [5, 5.41) is 8.79. The van der Waals surface area contributed by atoms with Gasteiger partial charge in [0.25, 0.3) is 0 Å². The van der Waals surface area contributed by atoms with E-state index in [2.05, 4.69) is 43.4 Å². The van der Waals surface area contributed by atoms with E-state index in [9.17, 15) is 22.4 Å². The number of nitrogens with one attached hydrogen (secondary N) is 2. The van der Waals surface area contributed by atoms with Crippen LogP contribution in [-0.2, 0) is 24.0 Å². The standard InChI is InChI=1S/C27H21F4IN4O3S/c1-38-23-10-17(9-22(32)25(23)39-14-16-4-2-6-19(28)8-16)13-33-36-24(37)12-21-15-40-26(35-21)34-20-7-3-5-18(11-20)27(29,30)31/h2-11,13,15H,12,14H2,1H3,(H,34,35)(H,36,37)/b33-13-. The molecular weight excluding hydrogens is 663 g/mol. The minimum Gasteiger partial charge on any atom is -0.493 e. The largest absolute Gasteiger partial charge is 0.493 e. The number of halogens is 5. The number of hydrogen-bond acceptors (Lipinski definition) is 7. The van der Waals surface area contributed by atoms with E-state index in [1.807, 2.05) is 0 Å². The maximum Gasteiger partial charge on any atom is 0.416 e. The van der Waals surface area contributed by atoms with Crippen LogP contribution in [0.2, 0.25) is 0 Å². The van der Waals surface area contributed by atoms with E-state index in [0.717, 1.165) is 27.0 Å². The van der Waals surface area contributed by atoms with Crippen molar-refractivity contribution in [3.05, 3.63) is 97.8 Å². The van der Waals surface area contributed by atoms with Gasteiger partial charge in [-0.05, 0) is 76.2 Å². The monoisotopic (exact) mass is 684 g/mol. The first-order chi connectivity index (χ1) is 19.1. The lowest BCUT2D eigenvalue weighted by Gasteiger charge is -2.13. The Balaban J connectivity index is 1.32. The zero-order valence-corrected chi connectivity index (χ0v) is 23.7. The fraction of sp³-hybridized carbons (Fsp3) is 0.148. The molecule has 3 aromatic carbocycles. The van der Waals surface area contributed by atoms with E-state index in [1.165, 1.54) is 37.6 Å². The number of amides is 1. The molecule has 1 aromatic heterocycles. The summed E-state index contributed by atoms with van der Waals surface area (Å²) in [5.74, 6) is 0.160. The Morgan fingerprint density at radius 1 is 1.15 bits per heavy atom. The van der Waals surface area contributed by atoms with Crippen molar-refractivity contribution in [2.45, 2.75) is 19.2 Å². The molecule has 0 aliphatic heterocycles. The van der Waals surface area contributed by atoms with Gasteiger partial charge in [-0.2, -0.15) is 18.3 Å². The van der Waals surface area contributed by atoms with Gasteiger partial charge in [-0.25, -0.2) is 14.8 Å². The van der Waals surface area contributed by atoms with Crippen LogP contribution < -0.4 is 20.2 Å². The quantitative estimate of drug-likeness (QED) is 0.0820. The molecule has 1 amide bonds. The molecule has 0 aliphatic carbocycles. The Labute approximate surface area is 244 Å². The third kappa shape index (κ3) is 8.14. The number of methoxy groups -OCH3 is 1. The molecule has 0 spiro atoms. The number of nitrogens with zero attached hydrogens (tertiary/aromatic N) is 2. The third-order valence-corrected chi connectivity index (χ3v) is 6.87. The zero-order valence-electron chi connectivity index (χ0n) is 20.8. The van der Waals surface area contributed by atoms with Crippen LogP contribution in [0.15, 0.2) is 71.1 Å². The minimum atomic E-state index is -4.45. The van der Waals surface area contributed by atoms with Crippen molar-refractivity contribution in [1.29, 1.82) is 0 Å². The summed E-state index contributed by atoms with van der Waals surface area (Å²) in [6, 6.07) is 14.3. The predicted molar refractivity (Wildman–Crippen MR) is 153 cm³/mol. The fourth-order valence-corrected chi connectivity index (χ4v) is 4.97. The molecule has 0 fully saturated rings. The second-order valence-electron chi connectivity index (χ2n) is 8.27. The Morgan fingerprint density at radius 3 is 2.70 bits per heavy atom. The van der Waals surface area contributed by atoms with E-state index in [0.29, 0.717) is 33.5 Å². The van der Waals surface area contributed by atoms with Gasteiger partial charge in [0.2, 0.25) is 5.91 Å². The number of anilines is 2. The second-order valence-corrected chi connectivity index (χ2v) is 10.3. The van der Waals surface area contributed by atoms with Gasteiger partial charge in [0, 0.05) is 11.1 Å². The Bertz CT molecular complexity index is 1530. The maximum absolute atomic E-state index is 13.4. The van der Waals surface area contributed by atoms with E-state index >= 15 is 0 Å². The molecule has 13 heteroatoms. The molecule has 0 aliphatic rings. The zero-order chi connectivity index (χ0) is 28.7. The summed E-state index contributed by atoms with van der Waals surface area (Å²) in [7, 11) is 1.49. The average molecular weight is 684 g/mol. The van der Waals surface area contributed by atoms with Gasteiger partial charge in [-0.15, -0.1) is 11.3 Å². The van der Waals surface area contributed by atoms with E-state index in [1.54, 1.807) is 29.6 Å². The van der Waals surface area contributed by atoms with Gasteiger partial charge in [0.15, 0.2) is 16.6 Å². The minimum absolute atomic E-state index is 0.0776. The van der Waals surface area contributed by atoms with Crippen LogP contribution >= 0.6 is 33.9 Å². The average Bonchev–Trinajstić information content (AvgIpc) is 3.33. The van der Waals surface area contributed by atoms with Gasteiger partial charge < -0.3 is 14.8 Å². The number of hydrogen-bond donors (Lipinski definition) is 2. The van der Waals surface area contributed by atoms with Crippen LogP contribution in [0, 0.1) is 9.39 Å². The summed E-state index contributed by atoms with van der Waals surface area (Å²) >= 11 is 3.25. The van der Waals surface area contributed by atoms with Gasteiger partial charge >= 0.3 is 6.18 Å². The molecular formula is C27H21F4IN4O3S. The lowest BCUT2D eigenvalue weighted by Crippen LogP contribution is -2.20. The van der Waals surface area contributed by atoms with Gasteiger partial charge in [-0.3, -0.25) is 4.79 Å². The van der Waals surface area contributed by atoms with E-state index in [4.69, 9.17) is 9.47 Å². The maximum atomic E-state index is 13.4. The van der Waals surface area contributed by atoms with E-state index in [-0.39, 0.29) is 24.5 Å². The van der Waals surface area contributed by atoms with Crippen molar-refractivity contribution >= 4 is 56.9 Å². The number of carbonyl (C=O) groups is 1. The molecule has 2 N–H and O–H groups in total. The first kappa shape index (κ1) is 29.3. The van der Waals surface area contributed by atoms with E-state index < -0.39 is 17.6 Å². The molecule has 0 radical (unpaired) electrons. The lowest BCUT2D eigenvalue weighted by atomic mass is 10.2. The Morgan fingerprint density at radius 2 is 1.95 bits per heavy atom. The van der Waals surface area contributed by atoms with Gasteiger partial charge in [0.05, 0.1) is 34.6 Å². The van der Waals surface area contributed by atoms with Crippen molar-refractivity contribution in [2.24, 2.45) is 5.10 Å². The van der Waals surface area contributed by atoms with Crippen LogP contribution in [0.5, 0.6) is 11.5 Å².